The standard InChI is InChI=1S/C14H25NO4/c1-9-6-10(2)8-14(7-9,11(16)17)15-12(18)19-13(3,4)5/h9-10H,6-8H2,1-5H3,(H,15,18)(H,16,17). The molecule has 2 atom stereocenters. The van der Waals surface area contributed by atoms with Crippen LogP contribution in [0.3, 0.4) is 0 Å². The Morgan fingerprint density at radius 3 is 2.05 bits per heavy atom. The van der Waals surface area contributed by atoms with Gasteiger partial charge in [-0.2, -0.15) is 0 Å². The number of alkyl carbamates (subject to hydrolysis) is 1. The number of aliphatic carboxylic acids is 1. The highest BCUT2D eigenvalue weighted by atomic mass is 16.6. The molecular formula is C14H25NO4. The SMILES string of the molecule is CC1CC(C)CC(NC(=O)OC(C)(C)C)(C(=O)O)C1. The summed E-state index contributed by atoms with van der Waals surface area (Å²) < 4.78 is 5.17. The first-order valence-corrected chi connectivity index (χ1v) is 6.78. The molecule has 0 heterocycles. The third-order valence-electron chi connectivity index (χ3n) is 3.35. The van der Waals surface area contributed by atoms with Gasteiger partial charge in [0, 0.05) is 0 Å². The van der Waals surface area contributed by atoms with Gasteiger partial charge >= 0.3 is 12.1 Å². The summed E-state index contributed by atoms with van der Waals surface area (Å²) in [6, 6.07) is 0. The fourth-order valence-electron chi connectivity index (χ4n) is 2.96. The van der Waals surface area contributed by atoms with Crippen LogP contribution in [0.25, 0.3) is 0 Å². The Balaban J connectivity index is 2.83. The maximum atomic E-state index is 11.9. The fourth-order valence-corrected chi connectivity index (χ4v) is 2.96. The number of hydrogen-bond donors (Lipinski definition) is 2. The van der Waals surface area contributed by atoms with E-state index in [9.17, 15) is 14.7 Å². The van der Waals surface area contributed by atoms with Crippen LogP contribution >= 0.6 is 0 Å². The van der Waals surface area contributed by atoms with Crippen LogP contribution in [0, 0.1) is 11.8 Å². The molecule has 0 saturated heterocycles. The van der Waals surface area contributed by atoms with E-state index in [4.69, 9.17) is 4.74 Å². The summed E-state index contributed by atoms with van der Waals surface area (Å²) in [5.74, 6) is -0.429. The monoisotopic (exact) mass is 271 g/mol. The number of amides is 1. The highest BCUT2D eigenvalue weighted by molar-refractivity contribution is 5.84. The van der Waals surface area contributed by atoms with Crippen molar-refractivity contribution in [2.24, 2.45) is 11.8 Å². The van der Waals surface area contributed by atoms with Gasteiger partial charge in [0.25, 0.3) is 0 Å². The lowest BCUT2D eigenvalue weighted by Crippen LogP contribution is -2.58. The molecule has 1 rings (SSSR count). The van der Waals surface area contributed by atoms with E-state index in [1.807, 2.05) is 13.8 Å². The summed E-state index contributed by atoms with van der Waals surface area (Å²) in [6.07, 6.45) is 1.24. The third-order valence-corrected chi connectivity index (χ3v) is 3.35. The average Bonchev–Trinajstić information content (AvgIpc) is 2.11. The van der Waals surface area contributed by atoms with Crippen LogP contribution in [-0.2, 0) is 9.53 Å². The number of rotatable bonds is 2. The van der Waals surface area contributed by atoms with Gasteiger partial charge < -0.3 is 15.2 Å². The molecule has 110 valence electrons. The van der Waals surface area contributed by atoms with Gasteiger partial charge in [-0.25, -0.2) is 9.59 Å². The molecule has 1 saturated carbocycles. The Morgan fingerprint density at radius 2 is 1.68 bits per heavy atom. The van der Waals surface area contributed by atoms with Crippen LogP contribution in [0.5, 0.6) is 0 Å². The molecule has 1 amide bonds. The normalized spacial score (nSPS) is 31.6. The van der Waals surface area contributed by atoms with Crippen molar-refractivity contribution in [3.8, 4) is 0 Å². The lowest BCUT2D eigenvalue weighted by atomic mass is 9.71. The second-order valence-electron chi connectivity index (χ2n) is 6.87. The molecule has 0 spiro atoms. The molecule has 0 radical (unpaired) electrons. The van der Waals surface area contributed by atoms with Crippen LogP contribution < -0.4 is 5.32 Å². The van der Waals surface area contributed by atoms with Crippen LogP contribution in [0.1, 0.15) is 53.9 Å². The van der Waals surface area contributed by atoms with Gasteiger partial charge in [0.15, 0.2) is 0 Å². The summed E-state index contributed by atoms with van der Waals surface area (Å²) in [7, 11) is 0. The molecule has 0 aromatic heterocycles. The Kier molecular flexibility index (Phi) is 4.48. The first-order valence-electron chi connectivity index (χ1n) is 6.78. The zero-order valence-electron chi connectivity index (χ0n) is 12.4. The molecular weight excluding hydrogens is 246 g/mol. The largest absolute Gasteiger partial charge is 0.480 e. The lowest BCUT2D eigenvalue weighted by Gasteiger charge is -2.40. The molecule has 1 aliphatic rings. The van der Waals surface area contributed by atoms with Crippen LogP contribution in [-0.4, -0.2) is 28.3 Å². The molecule has 5 nitrogen and oxygen atoms in total. The lowest BCUT2D eigenvalue weighted by molar-refractivity contribution is -0.148. The second kappa shape index (κ2) is 5.39. The minimum Gasteiger partial charge on any atom is -0.480 e. The maximum Gasteiger partial charge on any atom is 0.408 e. The summed E-state index contributed by atoms with van der Waals surface area (Å²) >= 11 is 0. The third kappa shape index (κ3) is 4.40. The van der Waals surface area contributed by atoms with Gasteiger partial charge in [0.1, 0.15) is 11.1 Å². The topological polar surface area (TPSA) is 75.6 Å². The number of nitrogens with one attached hydrogen (secondary N) is 1. The van der Waals surface area contributed by atoms with E-state index in [0.717, 1.165) is 6.42 Å². The Bertz CT molecular complexity index is 349. The van der Waals surface area contributed by atoms with Crippen molar-refractivity contribution < 1.29 is 19.4 Å². The summed E-state index contributed by atoms with van der Waals surface area (Å²) in [5.41, 5.74) is -1.82. The Labute approximate surface area is 114 Å². The van der Waals surface area contributed by atoms with Crippen molar-refractivity contribution in [3.05, 3.63) is 0 Å². The second-order valence-corrected chi connectivity index (χ2v) is 6.87. The minimum atomic E-state index is -1.20. The Morgan fingerprint density at radius 1 is 1.21 bits per heavy atom. The number of carbonyl (C=O) groups excluding carboxylic acids is 1. The molecule has 1 fully saturated rings. The van der Waals surface area contributed by atoms with Gasteiger partial charge in [0.2, 0.25) is 0 Å². The van der Waals surface area contributed by atoms with E-state index >= 15 is 0 Å². The van der Waals surface area contributed by atoms with Gasteiger partial charge in [-0.15, -0.1) is 0 Å². The van der Waals surface area contributed by atoms with E-state index in [0.29, 0.717) is 12.8 Å². The minimum absolute atomic E-state index is 0.273. The molecule has 2 N–H and O–H groups in total. The zero-order valence-corrected chi connectivity index (χ0v) is 12.4. The van der Waals surface area contributed by atoms with E-state index < -0.39 is 23.2 Å². The molecule has 5 heteroatoms. The molecule has 0 aliphatic heterocycles. The maximum absolute atomic E-state index is 11.9. The highest BCUT2D eigenvalue weighted by Crippen LogP contribution is 2.36. The molecule has 0 aromatic rings. The Hall–Kier alpha value is -1.26. The first kappa shape index (κ1) is 15.8. The summed E-state index contributed by atoms with van der Waals surface area (Å²) in [4.78, 5) is 23.5. The average molecular weight is 271 g/mol. The van der Waals surface area contributed by atoms with Crippen molar-refractivity contribution in [2.45, 2.75) is 65.0 Å². The van der Waals surface area contributed by atoms with Gasteiger partial charge in [-0.05, 0) is 51.9 Å². The molecule has 2 unspecified atom stereocenters. The number of hydrogen-bond acceptors (Lipinski definition) is 3. The van der Waals surface area contributed by atoms with Crippen molar-refractivity contribution >= 4 is 12.1 Å². The predicted octanol–water partition coefficient (Wildman–Crippen LogP) is 2.79. The molecule has 0 aromatic carbocycles. The van der Waals surface area contributed by atoms with Crippen LogP contribution in [0.2, 0.25) is 0 Å². The summed E-state index contributed by atoms with van der Waals surface area (Å²) in [6.45, 7) is 9.30. The van der Waals surface area contributed by atoms with Gasteiger partial charge in [-0.3, -0.25) is 0 Å². The van der Waals surface area contributed by atoms with Gasteiger partial charge in [0.05, 0.1) is 0 Å². The number of carboxylic acid groups (broad SMARTS) is 1. The van der Waals surface area contributed by atoms with E-state index in [1.54, 1.807) is 20.8 Å². The smallest absolute Gasteiger partial charge is 0.408 e. The predicted molar refractivity (Wildman–Crippen MR) is 71.9 cm³/mol. The number of ether oxygens (including phenoxy) is 1. The summed E-state index contributed by atoms with van der Waals surface area (Å²) in [5, 5.41) is 12.1. The number of carbonyl (C=O) groups is 2. The van der Waals surface area contributed by atoms with E-state index in [2.05, 4.69) is 5.32 Å². The van der Waals surface area contributed by atoms with Crippen LogP contribution in [0.15, 0.2) is 0 Å². The van der Waals surface area contributed by atoms with Crippen molar-refractivity contribution in [3.63, 3.8) is 0 Å². The first-order chi connectivity index (χ1) is 8.54. The highest BCUT2D eigenvalue weighted by Gasteiger charge is 2.46. The fraction of sp³-hybridized carbons (Fsp3) is 0.857. The molecule has 1 aliphatic carbocycles. The van der Waals surface area contributed by atoms with E-state index in [-0.39, 0.29) is 11.8 Å². The van der Waals surface area contributed by atoms with Crippen LogP contribution in [0.4, 0.5) is 4.79 Å². The quantitative estimate of drug-likeness (QED) is 0.809. The van der Waals surface area contributed by atoms with E-state index in [1.165, 1.54) is 0 Å². The van der Waals surface area contributed by atoms with Crippen molar-refractivity contribution in [2.75, 3.05) is 0 Å². The molecule has 19 heavy (non-hydrogen) atoms. The zero-order chi connectivity index (χ0) is 14.8. The van der Waals surface area contributed by atoms with Crippen molar-refractivity contribution in [1.82, 2.24) is 5.32 Å². The number of carboxylic acids is 1. The van der Waals surface area contributed by atoms with Crippen molar-refractivity contribution in [1.29, 1.82) is 0 Å². The van der Waals surface area contributed by atoms with Gasteiger partial charge in [-0.1, -0.05) is 13.8 Å². The molecule has 0 bridgehead atoms.